The van der Waals surface area contributed by atoms with Gasteiger partial charge in [-0.3, -0.25) is 4.68 Å². The van der Waals surface area contributed by atoms with Crippen LogP contribution in [0.3, 0.4) is 0 Å². The van der Waals surface area contributed by atoms with Crippen LogP contribution in [0.25, 0.3) is 10.1 Å². The van der Waals surface area contributed by atoms with Crippen LogP contribution in [-0.2, 0) is 13.1 Å². The van der Waals surface area contributed by atoms with E-state index in [1.807, 2.05) is 4.68 Å². The molecule has 3 rings (SSSR count). The van der Waals surface area contributed by atoms with Crippen molar-refractivity contribution in [3.05, 3.63) is 53.2 Å². The summed E-state index contributed by atoms with van der Waals surface area (Å²) in [5.74, 6) is 0. The lowest BCUT2D eigenvalue weighted by Crippen LogP contribution is -2.12. The lowest BCUT2D eigenvalue weighted by molar-refractivity contribution is 0.647. The Bertz CT molecular complexity index is 669. The lowest BCUT2D eigenvalue weighted by atomic mass is 10.2. The normalized spacial score (nSPS) is 11.2. The highest BCUT2D eigenvalue weighted by atomic mass is 32.1. The number of nitrogens with one attached hydrogen (secondary N) is 1. The Morgan fingerprint density at radius 2 is 2.16 bits per heavy atom. The van der Waals surface area contributed by atoms with Crippen LogP contribution in [0.2, 0.25) is 0 Å². The lowest BCUT2D eigenvalue weighted by Gasteiger charge is -2.01. The third-order valence-electron chi connectivity index (χ3n) is 3.15. The average molecular weight is 271 g/mol. The number of benzene rings is 1. The van der Waals surface area contributed by atoms with E-state index in [-0.39, 0.29) is 0 Å². The Labute approximate surface area is 116 Å². The zero-order valence-corrected chi connectivity index (χ0v) is 11.8. The molecule has 3 nitrogen and oxygen atoms in total. The van der Waals surface area contributed by atoms with Crippen molar-refractivity contribution in [1.29, 1.82) is 0 Å². The Morgan fingerprint density at radius 1 is 1.26 bits per heavy atom. The zero-order chi connectivity index (χ0) is 13.1. The quantitative estimate of drug-likeness (QED) is 0.772. The molecule has 0 unspecified atom stereocenters. The molecule has 2 heterocycles. The van der Waals surface area contributed by atoms with Crippen molar-refractivity contribution < 1.29 is 0 Å². The van der Waals surface area contributed by atoms with Gasteiger partial charge in [0, 0.05) is 17.4 Å². The van der Waals surface area contributed by atoms with Gasteiger partial charge in [0.15, 0.2) is 0 Å². The second kappa shape index (κ2) is 5.55. The van der Waals surface area contributed by atoms with Crippen molar-refractivity contribution in [2.45, 2.75) is 20.0 Å². The van der Waals surface area contributed by atoms with E-state index >= 15 is 0 Å². The van der Waals surface area contributed by atoms with Crippen molar-refractivity contribution in [3.8, 4) is 0 Å². The van der Waals surface area contributed by atoms with Crippen LogP contribution in [0.15, 0.2) is 41.9 Å². The number of fused-ring (bicyclic) bond motifs is 1. The van der Waals surface area contributed by atoms with Crippen LogP contribution in [0.1, 0.15) is 18.2 Å². The second-order valence-electron chi connectivity index (χ2n) is 4.54. The standard InChI is InChI=1S/C15H17N3S/c1-2-16-9-13-7-8-18(17-13)10-12-11-19-15-6-4-3-5-14(12)15/h3-8,11,16H,2,9-10H2,1H3. The molecule has 2 aromatic heterocycles. The van der Waals surface area contributed by atoms with Crippen molar-refractivity contribution >= 4 is 21.4 Å². The molecule has 0 radical (unpaired) electrons. The maximum Gasteiger partial charge on any atom is 0.0762 e. The highest BCUT2D eigenvalue weighted by molar-refractivity contribution is 7.17. The first-order chi connectivity index (χ1) is 9.36. The molecule has 3 aromatic rings. The first kappa shape index (κ1) is 12.4. The van der Waals surface area contributed by atoms with Gasteiger partial charge in [-0.2, -0.15) is 5.10 Å². The predicted molar refractivity (Wildman–Crippen MR) is 80.5 cm³/mol. The van der Waals surface area contributed by atoms with E-state index in [0.717, 1.165) is 25.3 Å². The molecule has 98 valence electrons. The Hall–Kier alpha value is -1.65. The minimum absolute atomic E-state index is 0.841. The SMILES string of the molecule is CCNCc1ccn(Cc2csc3ccccc23)n1. The fraction of sp³-hybridized carbons (Fsp3) is 0.267. The maximum atomic E-state index is 4.59. The van der Waals surface area contributed by atoms with E-state index in [9.17, 15) is 0 Å². The van der Waals surface area contributed by atoms with Crippen LogP contribution in [0.5, 0.6) is 0 Å². The van der Waals surface area contributed by atoms with Crippen molar-refractivity contribution in [2.24, 2.45) is 0 Å². The van der Waals surface area contributed by atoms with Crippen molar-refractivity contribution in [2.75, 3.05) is 6.54 Å². The first-order valence-corrected chi connectivity index (χ1v) is 7.43. The molecule has 0 bridgehead atoms. The molecule has 1 N–H and O–H groups in total. The molecule has 1 aromatic carbocycles. The molecule has 0 atom stereocenters. The number of nitrogens with zero attached hydrogens (tertiary/aromatic N) is 2. The molecule has 0 aliphatic carbocycles. The molecular formula is C15H17N3S. The van der Waals surface area contributed by atoms with Crippen molar-refractivity contribution in [1.82, 2.24) is 15.1 Å². The minimum Gasteiger partial charge on any atom is -0.311 e. The molecule has 0 fully saturated rings. The van der Waals surface area contributed by atoms with Crippen LogP contribution < -0.4 is 5.32 Å². The summed E-state index contributed by atoms with van der Waals surface area (Å²) in [6.45, 7) is 4.76. The van der Waals surface area contributed by atoms with Crippen LogP contribution >= 0.6 is 11.3 Å². The summed E-state index contributed by atoms with van der Waals surface area (Å²) in [6.07, 6.45) is 2.05. The summed E-state index contributed by atoms with van der Waals surface area (Å²) in [5.41, 5.74) is 2.44. The largest absolute Gasteiger partial charge is 0.311 e. The molecule has 19 heavy (non-hydrogen) atoms. The Morgan fingerprint density at radius 3 is 3.05 bits per heavy atom. The smallest absolute Gasteiger partial charge is 0.0762 e. The summed E-state index contributed by atoms with van der Waals surface area (Å²) >= 11 is 1.80. The number of hydrogen-bond donors (Lipinski definition) is 1. The highest BCUT2D eigenvalue weighted by Crippen LogP contribution is 2.26. The number of rotatable bonds is 5. The molecule has 0 aliphatic heterocycles. The Balaban J connectivity index is 1.79. The van der Waals surface area contributed by atoms with E-state index in [1.165, 1.54) is 15.6 Å². The van der Waals surface area contributed by atoms with Gasteiger partial charge in [-0.1, -0.05) is 25.1 Å². The second-order valence-corrected chi connectivity index (χ2v) is 5.45. The van der Waals surface area contributed by atoms with Gasteiger partial charge in [0.05, 0.1) is 12.2 Å². The summed E-state index contributed by atoms with van der Waals surface area (Å²) in [7, 11) is 0. The van der Waals surface area contributed by atoms with Gasteiger partial charge in [-0.15, -0.1) is 11.3 Å². The molecule has 0 saturated heterocycles. The van der Waals surface area contributed by atoms with Gasteiger partial charge in [0.2, 0.25) is 0 Å². The van der Waals surface area contributed by atoms with Crippen LogP contribution in [0.4, 0.5) is 0 Å². The van der Waals surface area contributed by atoms with Crippen molar-refractivity contribution in [3.63, 3.8) is 0 Å². The van der Waals surface area contributed by atoms with Gasteiger partial charge in [0.25, 0.3) is 0 Å². The third-order valence-corrected chi connectivity index (χ3v) is 4.16. The molecular weight excluding hydrogens is 254 g/mol. The average Bonchev–Trinajstić information content (AvgIpc) is 3.05. The van der Waals surface area contributed by atoms with Crippen LogP contribution in [0, 0.1) is 0 Å². The molecule has 0 spiro atoms. The summed E-state index contributed by atoms with van der Waals surface area (Å²) in [4.78, 5) is 0. The van der Waals surface area contributed by atoms with E-state index < -0.39 is 0 Å². The van der Waals surface area contributed by atoms with E-state index in [1.54, 1.807) is 11.3 Å². The van der Waals surface area contributed by atoms with E-state index in [0.29, 0.717) is 0 Å². The monoisotopic (exact) mass is 271 g/mol. The highest BCUT2D eigenvalue weighted by Gasteiger charge is 2.05. The molecule has 0 aliphatic rings. The van der Waals surface area contributed by atoms with Crippen LogP contribution in [-0.4, -0.2) is 16.3 Å². The number of aromatic nitrogens is 2. The van der Waals surface area contributed by atoms with Gasteiger partial charge < -0.3 is 5.32 Å². The van der Waals surface area contributed by atoms with E-state index in [2.05, 4.69) is 59.2 Å². The summed E-state index contributed by atoms with van der Waals surface area (Å²) < 4.78 is 3.36. The first-order valence-electron chi connectivity index (χ1n) is 6.55. The summed E-state index contributed by atoms with van der Waals surface area (Å²) in [6, 6.07) is 10.6. The summed E-state index contributed by atoms with van der Waals surface area (Å²) in [5, 5.41) is 11.5. The van der Waals surface area contributed by atoms with Gasteiger partial charge in [-0.05, 0) is 35.0 Å². The predicted octanol–water partition coefficient (Wildman–Crippen LogP) is 3.26. The van der Waals surface area contributed by atoms with E-state index in [4.69, 9.17) is 0 Å². The Kier molecular flexibility index (Phi) is 3.62. The van der Waals surface area contributed by atoms with Gasteiger partial charge >= 0.3 is 0 Å². The molecule has 0 amide bonds. The minimum atomic E-state index is 0.841. The number of thiophene rings is 1. The zero-order valence-electron chi connectivity index (χ0n) is 11.0. The fourth-order valence-electron chi connectivity index (χ4n) is 2.17. The topological polar surface area (TPSA) is 29.9 Å². The number of hydrogen-bond acceptors (Lipinski definition) is 3. The maximum absolute atomic E-state index is 4.59. The third kappa shape index (κ3) is 2.69. The van der Waals surface area contributed by atoms with Gasteiger partial charge in [-0.25, -0.2) is 0 Å². The molecule has 0 saturated carbocycles. The van der Waals surface area contributed by atoms with Gasteiger partial charge in [0.1, 0.15) is 0 Å². The molecule has 4 heteroatoms. The fourth-order valence-corrected chi connectivity index (χ4v) is 3.12.